The maximum atomic E-state index is 13.2. The molecule has 1 aliphatic rings. The molecule has 0 bridgehead atoms. The largest absolute Gasteiger partial charge is 0.388 e. The lowest BCUT2D eigenvalue weighted by atomic mass is 9.91. The van der Waals surface area contributed by atoms with Crippen LogP contribution in [0, 0.1) is 5.92 Å². The fraction of sp³-hybridized carbons (Fsp3) is 0.375. The first-order valence-electron chi connectivity index (χ1n) is 14.1. The Bertz CT molecular complexity index is 1150. The van der Waals surface area contributed by atoms with Gasteiger partial charge in [-0.25, -0.2) is 4.79 Å². The molecule has 3 amide bonds. The molecular weight excluding hydrogens is 486 g/mol. The molecule has 206 valence electrons. The molecule has 7 heteroatoms. The number of hydrogen-bond acceptors (Lipinski definition) is 4. The number of nitrogens with zero attached hydrogens (tertiary/aromatic N) is 1. The molecule has 0 radical (unpaired) electrons. The van der Waals surface area contributed by atoms with Gasteiger partial charge in [0, 0.05) is 25.8 Å². The number of benzene rings is 3. The summed E-state index contributed by atoms with van der Waals surface area (Å²) >= 11 is 0. The van der Waals surface area contributed by atoms with Crippen molar-refractivity contribution in [3.63, 3.8) is 0 Å². The van der Waals surface area contributed by atoms with Gasteiger partial charge in [0.15, 0.2) is 0 Å². The Labute approximate surface area is 232 Å². The van der Waals surface area contributed by atoms with Crippen LogP contribution in [-0.2, 0) is 0 Å². The summed E-state index contributed by atoms with van der Waals surface area (Å²) in [4.78, 5) is 28.1. The molecule has 1 heterocycles. The number of unbranched alkanes of at least 4 members (excludes halogenated alkanes) is 1. The molecule has 3 aromatic carbocycles. The van der Waals surface area contributed by atoms with Crippen LogP contribution in [0.25, 0.3) is 0 Å². The highest BCUT2D eigenvalue weighted by molar-refractivity contribution is 6.04. The molecule has 0 saturated carbocycles. The molecule has 0 spiro atoms. The first-order chi connectivity index (χ1) is 19.1. The minimum Gasteiger partial charge on any atom is -0.388 e. The summed E-state index contributed by atoms with van der Waals surface area (Å²) in [5, 5.41) is 11.9. The highest BCUT2D eigenvalue weighted by Crippen LogP contribution is 2.32. The van der Waals surface area contributed by atoms with Crippen molar-refractivity contribution in [2.45, 2.75) is 38.6 Å². The van der Waals surface area contributed by atoms with Crippen molar-refractivity contribution >= 4 is 23.3 Å². The standard InChI is InChI=1S/C32H41N5O2/c1-3-4-19-34-32(39)36-29-16-15-27(33-2)22-28(29)31(38)35-23-24-17-20-37(21-18-24)30(25-11-7-5-8-12-25)26-13-9-6-10-14-26/h5-16,22,24,30,33H,3-4,17-21,23H2,1-2H3,(H,35,38)(H2,34,36,39). The van der Waals surface area contributed by atoms with Gasteiger partial charge >= 0.3 is 6.03 Å². The van der Waals surface area contributed by atoms with Gasteiger partial charge < -0.3 is 21.3 Å². The van der Waals surface area contributed by atoms with Gasteiger partial charge in [-0.05, 0) is 67.6 Å². The first kappa shape index (κ1) is 28.2. The number of carbonyl (C=O) groups is 2. The van der Waals surface area contributed by atoms with Gasteiger partial charge in [0.2, 0.25) is 0 Å². The third-order valence-corrected chi connectivity index (χ3v) is 7.41. The summed E-state index contributed by atoms with van der Waals surface area (Å²) in [5.41, 5.74) is 4.39. The molecule has 0 atom stereocenters. The van der Waals surface area contributed by atoms with Gasteiger partial charge in [-0.1, -0.05) is 74.0 Å². The van der Waals surface area contributed by atoms with E-state index in [2.05, 4.69) is 93.8 Å². The molecule has 0 aromatic heterocycles. The van der Waals surface area contributed by atoms with E-state index in [-0.39, 0.29) is 18.0 Å². The van der Waals surface area contributed by atoms with Crippen molar-refractivity contribution < 1.29 is 9.59 Å². The SMILES string of the molecule is CCCCNC(=O)Nc1ccc(NC)cc1C(=O)NCC1CCN(C(c2ccccc2)c2ccccc2)CC1. The average molecular weight is 528 g/mol. The normalized spacial score (nSPS) is 14.1. The summed E-state index contributed by atoms with van der Waals surface area (Å²) in [6.45, 7) is 5.23. The van der Waals surface area contributed by atoms with Crippen molar-refractivity contribution in [3.8, 4) is 0 Å². The third-order valence-electron chi connectivity index (χ3n) is 7.41. The topological polar surface area (TPSA) is 85.5 Å². The second-order valence-corrected chi connectivity index (χ2v) is 10.2. The number of carbonyl (C=O) groups excluding carboxylic acids is 2. The van der Waals surface area contributed by atoms with E-state index in [1.54, 1.807) is 12.1 Å². The predicted octanol–water partition coefficient (Wildman–Crippen LogP) is 5.88. The number of rotatable bonds is 11. The summed E-state index contributed by atoms with van der Waals surface area (Å²) in [6, 6.07) is 26.7. The molecule has 1 saturated heterocycles. The van der Waals surface area contributed by atoms with E-state index in [1.165, 1.54) is 11.1 Å². The molecule has 0 unspecified atom stereocenters. The number of piperidine rings is 1. The number of amides is 3. The monoisotopic (exact) mass is 527 g/mol. The van der Waals surface area contributed by atoms with Crippen LogP contribution in [0.15, 0.2) is 78.9 Å². The minimum atomic E-state index is -0.298. The van der Waals surface area contributed by atoms with Crippen LogP contribution < -0.4 is 21.3 Å². The number of nitrogens with one attached hydrogen (secondary N) is 4. The Morgan fingerprint density at radius 3 is 2.13 bits per heavy atom. The first-order valence-corrected chi connectivity index (χ1v) is 14.1. The van der Waals surface area contributed by atoms with Gasteiger partial charge in [-0.2, -0.15) is 0 Å². The maximum absolute atomic E-state index is 13.2. The van der Waals surface area contributed by atoms with E-state index in [4.69, 9.17) is 0 Å². The molecule has 39 heavy (non-hydrogen) atoms. The van der Waals surface area contributed by atoms with E-state index < -0.39 is 0 Å². The van der Waals surface area contributed by atoms with Crippen molar-refractivity contribution in [3.05, 3.63) is 95.6 Å². The Hall–Kier alpha value is -3.84. The lowest BCUT2D eigenvalue weighted by Crippen LogP contribution is -2.40. The number of likely N-dealkylation sites (tertiary alicyclic amines) is 1. The van der Waals surface area contributed by atoms with Crippen molar-refractivity contribution in [2.75, 3.05) is 43.9 Å². The zero-order chi connectivity index (χ0) is 27.5. The third kappa shape index (κ3) is 7.83. The maximum Gasteiger partial charge on any atom is 0.319 e. The van der Waals surface area contributed by atoms with E-state index in [9.17, 15) is 9.59 Å². The number of anilines is 2. The summed E-state index contributed by atoms with van der Waals surface area (Å²) in [6.07, 6.45) is 3.94. The van der Waals surface area contributed by atoms with Crippen molar-refractivity contribution in [2.24, 2.45) is 5.92 Å². The smallest absolute Gasteiger partial charge is 0.319 e. The van der Waals surface area contributed by atoms with E-state index in [0.29, 0.717) is 30.3 Å². The molecule has 3 aromatic rings. The van der Waals surface area contributed by atoms with Crippen LogP contribution in [-0.4, -0.2) is 50.1 Å². The Kier molecular flexibility index (Phi) is 10.4. The highest BCUT2D eigenvalue weighted by atomic mass is 16.2. The predicted molar refractivity (Wildman–Crippen MR) is 159 cm³/mol. The second kappa shape index (κ2) is 14.4. The molecule has 4 rings (SSSR count). The van der Waals surface area contributed by atoms with Crippen LogP contribution in [0.1, 0.15) is 60.1 Å². The number of urea groups is 1. The van der Waals surface area contributed by atoms with Gasteiger partial charge in [-0.3, -0.25) is 9.69 Å². The van der Waals surface area contributed by atoms with Gasteiger partial charge in [-0.15, -0.1) is 0 Å². The Morgan fingerprint density at radius 1 is 0.897 bits per heavy atom. The van der Waals surface area contributed by atoms with Gasteiger partial charge in [0.05, 0.1) is 17.3 Å². The molecule has 7 nitrogen and oxygen atoms in total. The van der Waals surface area contributed by atoms with Crippen LogP contribution >= 0.6 is 0 Å². The number of hydrogen-bond donors (Lipinski definition) is 4. The summed E-state index contributed by atoms with van der Waals surface area (Å²) in [5.74, 6) is 0.225. The van der Waals surface area contributed by atoms with Crippen molar-refractivity contribution in [1.82, 2.24) is 15.5 Å². The lowest BCUT2D eigenvalue weighted by Gasteiger charge is -2.38. The Balaban J connectivity index is 1.36. The quantitative estimate of drug-likeness (QED) is 0.235. The van der Waals surface area contributed by atoms with Gasteiger partial charge in [0.25, 0.3) is 5.91 Å². The molecule has 1 fully saturated rings. The minimum absolute atomic E-state index is 0.176. The fourth-order valence-electron chi connectivity index (χ4n) is 5.17. The van der Waals surface area contributed by atoms with E-state index in [0.717, 1.165) is 44.5 Å². The van der Waals surface area contributed by atoms with Gasteiger partial charge in [0.1, 0.15) is 0 Å². The molecule has 4 N–H and O–H groups in total. The lowest BCUT2D eigenvalue weighted by molar-refractivity contribution is 0.0931. The fourth-order valence-corrected chi connectivity index (χ4v) is 5.17. The molecular formula is C32H41N5O2. The second-order valence-electron chi connectivity index (χ2n) is 10.2. The molecule has 0 aliphatic carbocycles. The van der Waals surface area contributed by atoms with Crippen LogP contribution in [0.3, 0.4) is 0 Å². The van der Waals surface area contributed by atoms with E-state index >= 15 is 0 Å². The van der Waals surface area contributed by atoms with Crippen LogP contribution in [0.4, 0.5) is 16.2 Å². The zero-order valence-electron chi connectivity index (χ0n) is 23.1. The van der Waals surface area contributed by atoms with Crippen LogP contribution in [0.5, 0.6) is 0 Å². The zero-order valence-corrected chi connectivity index (χ0v) is 23.1. The summed E-state index contributed by atoms with van der Waals surface area (Å²) < 4.78 is 0. The average Bonchev–Trinajstić information content (AvgIpc) is 2.98. The van der Waals surface area contributed by atoms with Crippen molar-refractivity contribution in [1.29, 1.82) is 0 Å². The molecule has 1 aliphatic heterocycles. The van der Waals surface area contributed by atoms with E-state index in [1.807, 2.05) is 13.1 Å². The Morgan fingerprint density at radius 2 is 1.54 bits per heavy atom. The highest BCUT2D eigenvalue weighted by Gasteiger charge is 2.27. The van der Waals surface area contributed by atoms with Crippen LogP contribution in [0.2, 0.25) is 0 Å². The summed E-state index contributed by atoms with van der Waals surface area (Å²) in [7, 11) is 1.81.